The van der Waals surface area contributed by atoms with Crippen molar-refractivity contribution in [1.29, 1.82) is 0 Å². The Morgan fingerprint density at radius 1 is 1.35 bits per heavy atom. The molecule has 0 saturated heterocycles. The summed E-state index contributed by atoms with van der Waals surface area (Å²) in [7, 11) is 0. The first-order chi connectivity index (χ1) is 8.26. The van der Waals surface area contributed by atoms with E-state index < -0.39 is 0 Å². The van der Waals surface area contributed by atoms with Crippen molar-refractivity contribution in [3.8, 4) is 11.3 Å². The molecule has 0 aliphatic rings. The van der Waals surface area contributed by atoms with Gasteiger partial charge in [-0.3, -0.25) is 4.79 Å². The molecule has 1 aromatic carbocycles. The molecule has 0 N–H and O–H groups in total. The average molecular weight is 228 g/mol. The molecule has 88 valence electrons. The highest BCUT2D eigenvalue weighted by Crippen LogP contribution is 2.26. The number of benzene rings is 1. The standard InChI is InChI=1S/C15H16O2/c1-3-5-12-8-13(15-6-4-7-17-15)9-14(10-16)11(12)2/h4,6-10H,3,5H2,1-2H3. The highest BCUT2D eigenvalue weighted by molar-refractivity contribution is 5.81. The van der Waals surface area contributed by atoms with Gasteiger partial charge in [-0.15, -0.1) is 0 Å². The third-order valence-electron chi connectivity index (χ3n) is 3.01. The topological polar surface area (TPSA) is 30.2 Å². The van der Waals surface area contributed by atoms with Gasteiger partial charge in [-0.05, 0) is 48.7 Å². The van der Waals surface area contributed by atoms with Crippen LogP contribution in [0, 0.1) is 6.92 Å². The van der Waals surface area contributed by atoms with Crippen molar-refractivity contribution >= 4 is 6.29 Å². The zero-order valence-electron chi connectivity index (χ0n) is 10.2. The van der Waals surface area contributed by atoms with Gasteiger partial charge in [-0.2, -0.15) is 0 Å². The molecule has 1 aromatic heterocycles. The molecule has 2 heteroatoms. The first-order valence-electron chi connectivity index (χ1n) is 5.88. The Hall–Kier alpha value is -1.83. The van der Waals surface area contributed by atoms with E-state index in [2.05, 4.69) is 13.0 Å². The van der Waals surface area contributed by atoms with Crippen molar-refractivity contribution in [3.63, 3.8) is 0 Å². The van der Waals surface area contributed by atoms with Crippen LogP contribution in [0.5, 0.6) is 0 Å². The molecule has 0 fully saturated rings. The molecular formula is C15H16O2. The Morgan fingerprint density at radius 3 is 2.76 bits per heavy atom. The largest absolute Gasteiger partial charge is 0.464 e. The van der Waals surface area contributed by atoms with E-state index in [0.717, 1.165) is 41.6 Å². The smallest absolute Gasteiger partial charge is 0.150 e. The minimum atomic E-state index is 0.752. The van der Waals surface area contributed by atoms with E-state index >= 15 is 0 Å². The summed E-state index contributed by atoms with van der Waals surface area (Å²) in [6.45, 7) is 4.14. The van der Waals surface area contributed by atoms with Crippen LogP contribution in [-0.2, 0) is 6.42 Å². The van der Waals surface area contributed by atoms with Gasteiger partial charge in [0.2, 0.25) is 0 Å². The molecule has 0 amide bonds. The van der Waals surface area contributed by atoms with Crippen molar-refractivity contribution in [2.45, 2.75) is 26.7 Å². The predicted molar refractivity (Wildman–Crippen MR) is 68.3 cm³/mol. The number of aryl methyl sites for hydroxylation is 1. The van der Waals surface area contributed by atoms with Gasteiger partial charge in [0, 0.05) is 11.1 Å². The summed E-state index contributed by atoms with van der Waals surface area (Å²) in [6, 6.07) is 7.77. The van der Waals surface area contributed by atoms with Gasteiger partial charge in [0.05, 0.1) is 6.26 Å². The number of rotatable bonds is 4. The SMILES string of the molecule is CCCc1cc(-c2ccco2)cc(C=O)c1C. The van der Waals surface area contributed by atoms with Crippen molar-refractivity contribution < 1.29 is 9.21 Å². The molecular weight excluding hydrogens is 212 g/mol. The van der Waals surface area contributed by atoms with Crippen LogP contribution >= 0.6 is 0 Å². The molecule has 0 saturated carbocycles. The first kappa shape index (κ1) is 11.6. The quantitative estimate of drug-likeness (QED) is 0.740. The normalized spacial score (nSPS) is 10.5. The molecule has 2 rings (SSSR count). The summed E-state index contributed by atoms with van der Waals surface area (Å²) >= 11 is 0. The number of furan rings is 1. The van der Waals surface area contributed by atoms with Crippen molar-refractivity contribution in [1.82, 2.24) is 0 Å². The van der Waals surface area contributed by atoms with E-state index in [1.54, 1.807) is 6.26 Å². The maximum Gasteiger partial charge on any atom is 0.150 e. The molecule has 2 nitrogen and oxygen atoms in total. The van der Waals surface area contributed by atoms with Crippen LogP contribution < -0.4 is 0 Å². The van der Waals surface area contributed by atoms with Gasteiger partial charge in [0.1, 0.15) is 12.0 Å². The van der Waals surface area contributed by atoms with Gasteiger partial charge in [-0.1, -0.05) is 13.3 Å². The van der Waals surface area contributed by atoms with Crippen LogP contribution in [0.25, 0.3) is 11.3 Å². The van der Waals surface area contributed by atoms with Crippen LogP contribution in [0.4, 0.5) is 0 Å². The fourth-order valence-corrected chi connectivity index (χ4v) is 2.04. The Labute approximate surface area is 101 Å². The molecule has 17 heavy (non-hydrogen) atoms. The molecule has 1 heterocycles. The van der Waals surface area contributed by atoms with Crippen molar-refractivity contribution in [2.75, 3.05) is 0 Å². The molecule has 0 spiro atoms. The van der Waals surface area contributed by atoms with Gasteiger partial charge in [0.15, 0.2) is 0 Å². The number of aldehydes is 1. The Bertz CT molecular complexity index is 510. The zero-order chi connectivity index (χ0) is 12.3. The van der Waals surface area contributed by atoms with E-state index in [-0.39, 0.29) is 0 Å². The van der Waals surface area contributed by atoms with E-state index in [1.165, 1.54) is 5.56 Å². The number of hydrogen-bond donors (Lipinski definition) is 0. The maximum atomic E-state index is 11.1. The minimum Gasteiger partial charge on any atom is -0.464 e. The second kappa shape index (κ2) is 5.00. The summed E-state index contributed by atoms with van der Waals surface area (Å²) in [5, 5.41) is 0. The second-order valence-electron chi connectivity index (χ2n) is 4.19. The number of carbonyl (C=O) groups excluding carboxylic acids is 1. The monoisotopic (exact) mass is 228 g/mol. The lowest BCUT2D eigenvalue weighted by Crippen LogP contribution is -1.96. The molecule has 0 aliphatic carbocycles. The van der Waals surface area contributed by atoms with Crippen molar-refractivity contribution in [3.05, 3.63) is 47.2 Å². The minimum absolute atomic E-state index is 0.752. The Balaban J connectivity index is 2.54. The van der Waals surface area contributed by atoms with Gasteiger partial charge in [-0.25, -0.2) is 0 Å². The lowest BCUT2D eigenvalue weighted by atomic mass is 9.95. The summed E-state index contributed by atoms with van der Waals surface area (Å²) in [5.74, 6) is 0.811. The highest BCUT2D eigenvalue weighted by Gasteiger charge is 2.09. The summed E-state index contributed by atoms with van der Waals surface area (Å²) in [5.41, 5.74) is 4.04. The third-order valence-corrected chi connectivity index (χ3v) is 3.01. The summed E-state index contributed by atoms with van der Waals surface area (Å²) in [4.78, 5) is 11.1. The molecule has 0 atom stereocenters. The molecule has 0 bridgehead atoms. The van der Waals surface area contributed by atoms with E-state index in [9.17, 15) is 4.79 Å². The zero-order valence-corrected chi connectivity index (χ0v) is 10.2. The third kappa shape index (κ3) is 2.31. The first-order valence-corrected chi connectivity index (χ1v) is 5.88. The molecule has 0 radical (unpaired) electrons. The van der Waals surface area contributed by atoms with Crippen LogP contribution in [0.15, 0.2) is 34.9 Å². The van der Waals surface area contributed by atoms with Crippen molar-refractivity contribution in [2.24, 2.45) is 0 Å². The fourth-order valence-electron chi connectivity index (χ4n) is 2.04. The van der Waals surface area contributed by atoms with Gasteiger partial charge < -0.3 is 4.42 Å². The van der Waals surface area contributed by atoms with Gasteiger partial charge >= 0.3 is 0 Å². The van der Waals surface area contributed by atoms with E-state index in [1.807, 2.05) is 25.1 Å². The number of carbonyl (C=O) groups is 1. The number of hydrogen-bond acceptors (Lipinski definition) is 2. The van der Waals surface area contributed by atoms with Crippen LogP contribution in [0.1, 0.15) is 34.8 Å². The molecule has 2 aromatic rings. The summed E-state index contributed by atoms with van der Waals surface area (Å²) in [6.07, 6.45) is 4.62. The Kier molecular flexibility index (Phi) is 3.43. The second-order valence-corrected chi connectivity index (χ2v) is 4.19. The van der Waals surface area contributed by atoms with E-state index in [0.29, 0.717) is 0 Å². The maximum absolute atomic E-state index is 11.1. The highest BCUT2D eigenvalue weighted by atomic mass is 16.3. The summed E-state index contributed by atoms with van der Waals surface area (Å²) < 4.78 is 5.38. The average Bonchev–Trinajstić information content (AvgIpc) is 2.85. The van der Waals surface area contributed by atoms with Gasteiger partial charge in [0.25, 0.3) is 0 Å². The van der Waals surface area contributed by atoms with Crippen LogP contribution in [0.3, 0.4) is 0 Å². The van der Waals surface area contributed by atoms with Crippen LogP contribution in [0.2, 0.25) is 0 Å². The van der Waals surface area contributed by atoms with E-state index in [4.69, 9.17) is 4.42 Å². The molecule has 0 aliphatic heterocycles. The fraction of sp³-hybridized carbons (Fsp3) is 0.267. The molecule has 0 unspecified atom stereocenters. The Morgan fingerprint density at radius 2 is 2.18 bits per heavy atom. The lowest BCUT2D eigenvalue weighted by Gasteiger charge is -2.09. The van der Waals surface area contributed by atoms with Crippen LogP contribution in [-0.4, -0.2) is 6.29 Å². The lowest BCUT2D eigenvalue weighted by molar-refractivity contribution is 0.112. The predicted octanol–water partition coefficient (Wildman–Crippen LogP) is 4.02.